The number of carbonyl (C=O) groups excluding carboxylic acids is 3. The normalized spacial score (nSPS) is 14.7. The first kappa shape index (κ1) is 20.3. The molecule has 0 aliphatic carbocycles. The van der Waals surface area contributed by atoms with Gasteiger partial charge in [0.2, 0.25) is 6.41 Å². The zero-order valence-electron chi connectivity index (χ0n) is 13.9. The van der Waals surface area contributed by atoms with Crippen LogP contribution in [0.15, 0.2) is 12.2 Å². The summed E-state index contributed by atoms with van der Waals surface area (Å²) in [5.41, 5.74) is 4.17. The summed E-state index contributed by atoms with van der Waals surface area (Å²) in [6, 6.07) is 0. The van der Waals surface area contributed by atoms with E-state index < -0.39 is 0 Å². The molecule has 0 spiro atoms. The maximum absolute atomic E-state index is 11.3. The van der Waals surface area contributed by atoms with E-state index in [1.807, 2.05) is 0 Å². The van der Waals surface area contributed by atoms with Crippen molar-refractivity contribution in [3.63, 3.8) is 0 Å². The summed E-state index contributed by atoms with van der Waals surface area (Å²) >= 11 is 0. The van der Waals surface area contributed by atoms with E-state index in [9.17, 15) is 9.59 Å². The summed E-state index contributed by atoms with van der Waals surface area (Å²) in [7, 11) is 0. The van der Waals surface area contributed by atoms with Gasteiger partial charge in [0.1, 0.15) is 0 Å². The van der Waals surface area contributed by atoms with Crippen molar-refractivity contribution in [1.29, 1.82) is 0 Å². The zero-order valence-corrected chi connectivity index (χ0v) is 13.9. The Balaban J connectivity index is 0.00000135. The van der Waals surface area contributed by atoms with E-state index in [-0.39, 0.29) is 18.2 Å². The van der Waals surface area contributed by atoms with Crippen LogP contribution in [0, 0.1) is 5.92 Å². The predicted molar refractivity (Wildman–Crippen MR) is 87.9 cm³/mol. The van der Waals surface area contributed by atoms with Crippen LogP contribution in [0.5, 0.6) is 0 Å². The minimum atomic E-state index is -0.154. The van der Waals surface area contributed by atoms with Crippen LogP contribution in [0.1, 0.15) is 65.2 Å². The van der Waals surface area contributed by atoms with Crippen LogP contribution in [-0.2, 0) is 14.4 Å². The number of hydrogen-bond donors (Lipinski definition) is 1. The van der Waals surface area contributed by atoms with Crippen molar-refractivity contribution in [2.24, 2.45) is 11.7 Å². The maximum Gasteiger partial charge on any atom is 0.253 e. The minimum absolute atomic E-state index is 0.154. The smallest absolute Gasteiger partial charge is 0.253 e. The molecule has 3 amide bonds. The molecule has 1 aliphatic rings. The van der Waals surface area contributed by atoms with Gasteiger partial charge in [-0.2, -0.15) is 0 Å². The lowest BCUT2D eigenvalue weighted by atomic mass is 9.97. The van der Waals surface area contributed by atoms with Gasteiger partial charge in [0.15, 0.2) is 0 Å². The van der Waals surface area contributed by atoms with Gasteiger partial charge in [0.05, 0.1) is 0 Å². The number of unbranched alkanes of at least 4 members (excludes halogenated alkanes) is 4. The lowest BCUT2D eigenvalue weighted by Crippen LogP contribution is -2.30. The molecule has 0 fully saturated rings. The molecule has 0 saturated carbocycles. The molecule has 1 heterocycles. The quantitative estimate of drug-likeness (QED) is 0.383. The molecule has 5 heteroatoms. The van der Waals surface area contributed by atoms with Crippen LogP contribution >= 0.6 is 0 Å². The highest BCUT2D eigenvalue weighted by atomic mass is 16.2. The van der Waals surface area contributed by atoms with Crippen LogP contribution in [0.25, 0.3) is 0 Å². The Bertz CT molecular complexity index is 349. The number of carbonyl (C=O) groups is 3. The summed E-state index contributed by atoms with van der Waals surface area (Å²) in [5.74, 6) is 0.530. The van der Waals surface area contributed by atoms with E-state index in [1.165, 1.54) is 55.6 Å². The monoisotopic (exact) mass is 310 g/mol. The molecule has 1 unspecified atom stereocenters. The molecule has 0 aromatic heterocycles. The van der Waals surface area contributed by atoms with Crippen molar-refractivity contribution < 1.29 is 14.4 Å². The topological polar surface area (TPSA) is 80.5 Å². The average molecular weight is 310 g/mol. The summed E-state index contributed by atoms with van der Waals surface area (Å²) in [4.78, 5) is 32.5. The van der Waals surface area contributed by atoms with Crippen LogP contribution in [0.4, 0.5) is 0 Å². The first-order valence-electron chi connectivity index (χ1n) is 8.25. The third-order valence-corrected chi connectivity index (χ3v) is 3.78. The number of amides is 3. The Labute approximate surface area is 133 Å². The fourth-order valence-electron chi connectivity index (χ4n) is 2.46. The van der Waals surface area contributed by atoms with Gasteiger partial charge in [-0.1, -0.05) is 58.8 Å². The Kier molecular flexibility index (Phi) is 12.1. The predicted octanol–water partition coefficient (Wildman–Crippen LogP) is 2.79. The van der Waals surface area contributed by atoms with Crippen LogP contribution in [0.2, 0.25) is 0 Å². The minimum Gasteiger partial charge on any atom is -0.372 e. The molecule has 5 nitrogen and oxygen atoms in total. The standard InChI is InChI=1S/C16H27NO2.CH3NO/c1-3-4-9-14(2)10-7-5-6-8-13-17-15(18)11-12-16(17)19;2-1-3/h11-12,14H,3-10,13H2,1-2H3;1H,(H2,2,3). The van der Waals surface area contributed by atoms with Crippen molar-refractivity contribution in [3.05, 3.63) is 12.2 Å². The Morgan fingerprint density at radius 3 is 2.09 bits per heavy atom. The summed E-state index contributed by atoms with van der Waals surface area (Å²) in [6.07, 6.45) is 12.8. The van der Waals surface area contributed by atoms with Gasteiger partial charge in [0, 0.05) is 18.7 Å². The summed E-state index contributed by atoms with van der Waals surface area (Å²) in [6.45, 7) is 5.15. The molecule has 2 N–H and O–H groups in total. The van der Waals surface area contributed by atoms with Gasteiger partial charge in [-0.3, -0.25) is 19.3 Å². The molecule has 0 bridgehead atoms. The van der Waals surface area contributed by atoms with Gasteiger partial charge >= 0.3 is 0 Å². The number of nitrogens with two attached hydrogens (primary N) is 1. The van der Waals surface area contributed by atoms with Gasteiger partial charge in [-0.25, -0.2) is 0 Å². The molecule has 1 atom stereocenters. The van der Waals surface area contributed by atoms with Crippen LogP contribution < -0.4 is 5.73 Å². The SMILES string of the molecule is CCCCC(C)CCCCCCN1C(=O)C=CC1=O.NC=O. The van der Waals surface area contributed by atoms with Crippen molar-refractivity contribution in [2.45, 2.75) is 65.2 Å². The van der Waals surface area contributed by atoms with Crippen molar-refractivity contribution >= 4 is 18.2 Å². The number of primary amides is 1. The summed E-state index contributed by atoms with van der Waals surface area (Å²) in [5, 5.41) is 0. The number of nitrogens with zero attached hydrogens (tertiary/aromatic N) is 1. The van der Waals surface area contributed by atoms with Gasteiger partial charge in [-0.15, -0.1) is 0 Å². The lowest BCUT2D eigenvalue weighted by molar-refractivity contribution is -0.136. The third-order valence-electron chi connectivity index (χ3n) is 3.78. The zero-order chi connectivity index (χ0) is 16.8. The van der Waals surface area contributed by atoms with Crippen molar-refractivity contribution in [3.8, 4) is 0 Å². The molecule has 0 saturated heterocycles. The van der Waals surface area contributed by atoms with E-state index >= 15 is 0 Å². The van der Waals surface area contributed by atoms with E-state index in [2.05, 4.69) is 19.6 Å². The number of imide groups is 1. The van der Waals surface area contributed by atoms with E-state index in [4.69, 9.17) is 4.79 Å². The van der Waals surface area contributed by atoms with Gasteiger partial charge in [-0.05, 0) is 12.3 Å². The second-order valence-corrected chi connectivity index (χ2v) is 5.75. The van der Waals surface area contributed by atoms with Gasteiger partial charge in [0.25, 0.3) is 11.8 Å². The molecule has 126 valence electrons. The molecule has 1 aliphatic heterocycles. The highest BCUT2D eigenvalue weighted by Crippen LogP contribution is 2.16. The third kappa shape index (κ3) is 9.32. The van der Waals surface area contributed by atoms with Crippen LogP contribution in [0.3, 0.4) is 0 Å². The largest absolute Gasteiger partial charge is 0.372 e. The van der Waals surface area contributed by atoms with Gasteiger partial charge < -0.3 is 5.73 Å². The summed E-state index contributed by atoms with van der Waals surface area (Å²) < 4.78 is 0. The van der Waals surface area contributed by atoms with E-state index in [0.29, 0.717) is 6.54 Å². The Morgan fingerprint density at radius 2 is 1.55 bits per heavy atom. The lowest BCUT2D eigenvalue weighted by Gasteiger charge is -2.13. The van der Waals surface area contributed by atoms with Crippen molar-refractivity contribution in [2.75, 3.05) is 6.54 Å². The van der Waals surface area contributed by atoms with E-state index in [0.717, 1.165) is 18.8 Å². The molecule has 0 aromatic carbocycles. The van der Waals surface area contributed by atoms with E-state index in [1.54, 1.807) is 0 Å². The molecule has 22 heavy (non-hydrogen) atoms. The van der Waals surface area contributed by atoms with Crippen LogP contribution in [-0.4, -0.2) is 29.7 Å². The average Bonchev–Trinajstić information content (AvgIpc) is 2.80. The highest BCUT2D eigenvalue weighted by molar-refractivity contribution is 6.12. The number of hydrogen-bond acceptors (Lipinski definition) is 3. The second kappa shape index (κ2) is 13.0. The maximum atomic E-state index is 11.3. The Morgan fingerprint density at radius 1 is 1.05 bits per heavy atom. The molecular formula is C17H30N2O3. The second-order valence-electron chi connectivity index (χ2n) is 5.75. The first-order valence-corrected chi connectivity index (χ1v) is 8.25. The molecular weight excluding hydrogens is 280 g/mol. The Hall–Kier alpha value is -1.65. The molecule has 0 radical (unpaired) electrons. The molecule has 0 aromatic rings. The highest BCUT2D eigenvalue weighted by Gasteiger charge is 2.21. The fourth-order valence-corrected chi connectivity index (χ4v) is 2.46. The first-order chi connectivity index (χ1) is 10.6. The fraction of sp³-hybridized carbons (Fsp3) is 0.706. The van der Waals surface area contributed by atoms with Crippen molar-refractivity contribution in [1.82, 2.24) is 4.90 Å². The number of rotatable bonds is 10. The molecule has 1 rings (SSSR count).